The van der Waals surface area contributed by atoms with E-state index in [1.165, 1.54) is 6.92 Å². The summed E-state index contributed by atoms with van der Waals surface area (Å²) in [6, 6.07) is -1.11. The van der Waals surface area contributed by atoms with Gasteiger partial charge in [0.15, 0.2) is 9.84 Å². The minimum absolute atomic E-state index is 0.0498. The van der Waals surface area contributed by atoms with Crippen LogP contribution in [0.1, 0.15) is 13.3 Å². The van der Waals surface area contributed by atoms with Crippen LogP contribution in [0.3, 0.4) is 0 Å². The highest BCUT2D eigenvalue weighted by molar-refractivity contribution is 7.91. The van der Waals surface area contributed by atoms with E-state index in [1.807, 2.05) is 0 Å². The van der Waals surface area contributed by atoms with Crippen LogP contribution < -0.4 is 10.6 Å². The summed E-state index contributed by atoms with van der Waals surface area (Å²) in [6.45, 7) is 1.99. The molecule has 0 aromatic carbocycles. The molecule has 0 saturated carbocycles. The Labute approximate surface area is 123 Å². The van der Waals surface area contributed by atoms with E-state index in [0.717, 1.165) is 0 Å². The van der Waals surface area contributed by atoms with Crippen LogP contribution in [0.25, 0.3) is 0 Å². The van der Waals surface area contributed by atoms with Crippen LogP contribution in [0.2, 0.25) is 0 Å². The van der Waals surface area contributed by atoms with Crippen molar-refractivity contribution < 1.29 is 27.9 Å². The smallest absolute Gasteiger partial charge is 0.315 e. The molecule has 2 fully saturated rings. The number of rotatable bonds is 4. The molecule has 0 radical (unpaired) electrons. The summed E-state index contributed by atoms with van der Waals surface area (Å²) < 4.78 is 27.8. The first-order valence-corrected chi connectivity index (χ1v) is 8.61. The highest BCUT2D eigenvalue weighted by Crippen LogP contribution is 2.28. The van der Waals surface area contributed by atoms with E-state index in [1.54, 1.807) is 0 Å². The maximum Gasteiger partial charge on any atom is 0.315 e. The minimum Gasteiger partial charge on any atom is -0.481 e. The Hall–Kier alpha value is -1.35. The number of urea groups is 1. The van der Waals surface area contributed by atoms with Crippen LogP contribution in [0.15, 0.2) is 0 Å². The van der Waals surface area contributed by atoms with Crippen molar-refractivity contribution in [1.29, 1.82) is 0 Å². The summed E-state index contributed by atoms with van der Waals surface area (Å²) in [5.74, 6) is -0.847. The third kappa shape index (κ3) is 3.65. The number of carbonyl (C=O) groups is 2. The van der Waals surface area contributed by atoms with Crippen molar-refractivity contribution in [3.05, 3.63) is 0 Å². The van der Waals surface area contributed by atoms with Crippen LogP contribution >= 0.6 is 0 Å². The lowest BCUT2D eigenvalue weighted by Crippen LogP contribution is -2.52. The molecule has 8 nitrogen and oxygen atoms in total. The van der Waals surface area contributed by atoms with Crippen LogP contribution in [-0.4, -0.2) is 62.8 Å². The Bertz CT molecular complexity index is 534. The van der Waals surface area contributed by atoms with Crippen molar-refractivity contribution in [2.24, 2.45) is 11.3 Å². The number of carbonyl (C=O) groups excluding carboxylic acids is 1. The lowest BCUT2D eigenvalue weighted by atomic mass is 9.85. The van der Waals surface area contributed by atoms with Crippen molar-refractivity contribution in [3.63, 3.8) is 0 Å². The molecular weight excluding hydrogens is 300 g/mol. The molecule has 2 saturated heterocycles. The lowest BCUT2D eigenvalue weighted by molar-refractivity contribution is -0.148. The van der Waals surface area contributed by atoms with E-state index in [2.05, 4.69) is 10.6 Å². The molecule has 0 aromatic rings. The fraction of sp³-hybridized carbons (Fsp3) is 0.833. The normalized spacial score (nSPS) is 34.5. The predicted octanol–water partition coefficient (Wildman–Crippen LogP) is -0.790. The van der Waals surface area contributed by atoms with Gasteiger partial charge in [-0.3, -0.25) is 4.79 Å². The molecule has 9 heteroatoms. The van der Waals surface area contributed by atoms with E-state index in [9.17, 15) is 23.1 Å². The Morgan fingerprint density at radius 2 is 2.14 bits per heavy atom. The zero-order valence-corrected chi connectivity index (χ0v) is 12.6. The van der Waals surface area contributed by atoms with Crippen molar-refractivity contribution >= 4 is 21.8 Å². The highest BCUT2D eigenvalue weighted by Gasteiger charge is 2.47. The van der Waals surface area contributed by atoms with E-state index in [-0.39, 0.29) is 37.2 Å². The lowest BCUT2D eigenvalue weighted by Gasteiger charge is -2.25. The van der Waals surface area contributed by atoms with Crippen LogP contribution in [0.4, 0.5) is 4.79 Å². The van der Waals surface area contributed by atoms with Gasteiger partial charge in [-0.15, -0.1) is 0 Å². The molecule has 0 aromatic heterocycles. The van der Waals surface area contributed by atoms with Gasteiger partial charge in [-0.2, -0.15) is 0 Å². The summed E-state index contributed by atoms with van der Waals surface area (Å²) in [4.78, 5) is 23.0. The quantitative estimate of drug-likeness (QED) is 0.624. The average Bonchev–Trinajstić information content (AvgIpc) is 2.92. The zero-order valence-electron chi connectivity index (χ0n) is 11.8. The number of amides is 2. The van der Waals surface area contributed by atoms with E-state index in [4.69, 9.17) is 4.74 Å². The van der Waals surface area contributed by atoms with Gasteiger partial charge >= 0.3 is 12.0 Å². The molecule has 3 N–H and O–H groups in total. The Kier molecular flexibility index (Phi) is 4.43. The molecule has 2 amide bonds. The van der Waals surface area contributed by atoms with Crippen molar-refractivity contribution in [3.8, 4) is 0 Å². The molecule has 2 aliphatic heterocycles. The Morgan fingerprint density at radius 1 is 1.43 bits per heavy atom. The predicted molar refractivity (Wildman–Crippen MR) is 73.6 cm³/mol. The third-order valence-electron chi connectivity index (χ3n) is 4.13. The fourth-order valence-electron chi connectivity index (χ4n) is 2.56. The van der Waals surface area contributed by atoms with E-state index in [0.29, 0.717) is 6.42 Å². The van der Waals surface area contributed by atoms with Gasteiger partial charge in [0.2, 0.25) is 0 Å². The number of carboxylic acid groups (broad SMARTS) is 1. The minimum atomic E-state index is -2.96. The first kappa shape index (κ1) is 16.0. The second kappa shape index (κ2) is 5.80. The largest absolute Gasteiger partial charge is 0.481 e. The zero-order chi connectivity index (χ0) is 15.7. The maximum absolute atomic E-state index is 11.8. The molecule has 0 spiro atoms. The van der Waals surface area contributed by atoms with Crippen molar-refractivity contribution in [2.45, 2.75) is 19.4 Å². The van der Waals surface area contributed by atoms with Crippen LogP contribution in [-0.2, 0) is 19.4 Å². The van der Waals surface area contributed by atoms with Gasteiger partial charge in [0, 0.05) is 6.54 Å². The summed E-state index contributed by atoms with van der Waals surface area (Å²) in [7, 11) is -2.96. The molecule has 0 bridgehead atoms. The van der Waals surface area contributed by atoms with E-state index >= 15 is 0 Å². The van der Waals surface area contributed by atoms with Gasteiger partial charge in [-0.25, -0.2) is 13.2 Å². The van der Waals surface area contributed by atoms with Gasteiger partial charge in [-0.1, -0.05) is 0 Å². The molecular formula is C12H20N2O6S. The monoisotopic (exact) mass is 320 g/mol. The summed E-state index contributed by atoms with van der Waals surface area (Å²) in [5.41, 5.74) is -1.14. The van der Waals surface area contributed by atoms with Gasteiger partial charge < -0.3 is 20.5 Å². The molecule has 2 rings (SSSR count). The second-order valence-electron chi connectivity index (χ2n) is 5.91. The number of sulfone groups is 1. The number of nitrogens with one attached hydrogen (secondary N) is 2. The first-order chi connectivity index (χ1) is 9.73. The third-order valence-corrected chi connectivity index (χ3v) is 5.96. The summed E-state index contributed by atoms with van der Waals surface area (Å²) in [5, 5.41) is 14.4. The van der Waals surface area contributed by atoms with Gasteiger partial charge in [0.25, 0.3) is 0 Å². The number of carboxylic acids is 1. The molecule has 120 valence electrons. The first-order valence-electron chi connectivity index (χ1n) is 6.79. The summed E-state index contributed by atoms with van der Waals surface area (Å²) >= 11 is 0. The van der Waals surface area contributed by atoms with Gasteiger partial charge in [0.1, 0.15) is 5.41 Å². The van der Waals surface area contributed by atoms with Gasteiger partial charge in [0.05, 0.1) is 30.8 Å². The maximum atomic E-state index is 11.8. The molecule has 2 aliphatic rings. The summed E-state index contributed by atoms with van der Waals surface area (Å²) in [6.07, 6.45) is 0.544. The fourth-order valence-corrected chi connectivity index (χ4v) is 4.43. The SMILES string of the molecule is CC1(C(=O)O)COCC1NC(=O)NCC1CCS(=O)(=O)C1. The second-order valence-corrected chi connectivity index (χ2v) is 8.14. The molecule has 0 aliphatic carbocycles. The van der Waals surface area contributed by atoms with Crippen LogP contribution in [0, 0.1) is 11.3 Å². The Morgan fingerprint density at radius 3 is 2.71 bits per heavy atom. The molecule has 3 unspecified atom stereocenters. The van der Waals surface area contributed by atoms with Crippen LogP contribution in [0.5, 0.6) is 0 Å². The number of hydrogen-bond acceptors (Lipinski definition) is 5. The highest BCUT2D eigenvalue weighted by atomic mass is 32.2. The number of ether oxygens (including phenoxy) is 1. The van der Waals surface area contributed by atoms with E-state index < -0.39 is 33.3 Å². The average molecular weight is 320 g/mol. The van der Waals surface area contributed by atoms with Crippen molar-refractivity contribution in [2.75, 3.05) is 31.3 Å². The Balaban J connectivity index is 1.81. The van der Waals surface area contributed by atoms with Gasteiger partial charge in [-0.05, 0) is 19.3 Å². The molecule has 3 atom stereocenters. The molecule has 2 heterocycles. The number of hydrogen-bond donors (Lipinski definition) is 3. The number of aliphatic carboxylic acids is 1. The standard InChI is InChI=1S/C12H20N2O6S/c1-12(10(15)16)7-20-5-9(12)14-11(17)13-4-8-2-3-21(18,19)6-8/h8-9H,2-7H2,1H3,(H,15,16)(H2,13,14,17). The molecule has 21 heavy (non-hydrogen) atoms. The topological polar surface area (TPSA) is 122 Å². The van der Waals surface area contributed by atoms with Crippen molar-refractivity contribution in [1.82, 2.24) is 10.6 Å².